The molecule has 0 radical (unpaired) electrons. The minimum absolute atomic E-state index is 0.350. The maximum Gasteiger partial charge on any atom is 0.325 e. The maximum absolute atomic E-state index is 11.0. The van der Waals surface area contributed by atoms with Crippen LogP contribution >= 0.6 is 22.6 Å². The molecule has 0 aliphatic carbocycles. The van der Waals surface area contributed by atoms with Gasteiger partial charge in [-0.15, -0.1) is 0 Å². The third-order valence-electron chi connectivity index (χ3n) is 1.73. The van der Waals surface area contributed by atoms with E-state index in [1.54, 1.807) is 6.92 Å². The average Bonchev–Trinajstić information content (AvgIpc) is 2.55. The molecule has 0 aromatic rings. The zero-order valence-corrected chi connectivity index (χ0v) is 10.1. The zero-order chi connectivity index (χ0) is 10.3. The second-order valence-electron chi connectivity index (χ2n) is 2.54. The SMILES string of the molecule is CCOC(=O)[C@H]1NCC[C@@H]1O.CI. The van der Waals surface area contributed by atoms with Crippen molar-refractivity contribution in [2.75, 3.05) is 18.1 Å². The van der Waals surface area contributed by atoms with Gasteiger partial charge in [-0.05, 0) is 24.8 Å². The van der Waals surface area contributed by atoms with Gasteiger partial charge in [0.25, 0.3) is 0 Å². The molecule has 0 unspecified atom stereocenters. The summed E-state index contributed by atoms with van der Waals surface area (Å²) in [6.07, 6.45) is 0.0535. The molecule has 0 saturated carbocycles. The molecule has 1 aliphatic heterocycles. The lowest BCUT2D eigenvalue weighted by atomic mass is 10.2. The first-order valence-corrected chi connectivity index (χ1v) is 6.37. The summed E-state index contributed by atoms with van der Waals surface area (Å²) in [5.41, 5.74) is 0. The monoisotopic (exact) mass is 301 g/mol. The standard InChI is InChI=1S/C7H13NO3.CH3I/c1-2-11-7(10)6-5(9)3-4-8-6;1-2/h5-6,8-9H,2-4H2,1H3;1H3/t5-,6-;/m0./s1. The minimum atomic E-state index is -0.575. The Morgan fingerprint density at radius 1 is 1.69 bits per heavy atom. The van der Waals surface area contributed by atoms with Gasteiger partial charge in [0.2, 0.25) is 0 Å². The summed E-state index contributed by atoms with van der Waals surface area (Å²) >= 11 is 2.15. The zero-order valence-electron chi connectivity index (χ0n) is 7.92. The Bertz CT molecular complexity index is 154. The molecular formula is C8H16INO3. The first kappa shape index (κ1) is 13.1. The fourth-order valence-electron chi connectivity index (χ4n) is 1.16. The number of aliphatic hydroxyl groups is 1. The summed E-state index contributed by atoms with van der Waals surface area (Å²) in [6.45, 7) is 2.80. The number of rotatable bonds is 2. The van der Waals surface area contributed by atoms with Crippen LogP contribution in [0.4, 0.5) is 0 Å². The first-order valence-electron chi connectivity index (χ1n) is 4.21. The van der Waals surface area contributed by atoms with Crippen LogP contribution < -0.4 is 5.32 Å². The summed E-state index contributed by atoms with van der Waals surface area (Å²) in [5.74, 6) is -0.350. The molecule has 4 nitrogen and oxygen atoms in total. The van der Waals surface area contributed by atoms with E-state index in [1.165, 1.54) is 0 Å². The van der Waals surface area contributed by atoms with Gasteiger partial charge in [-0.2, -0.15) is 0 Å². The maximum atomic E-state index is 11.0. The fourth-order valence-corrected chi connectivity index (χ4v) is 1.16. The molecule has 0 spiro atoms. The number of ether oxygens (including phenoxy) is 1. The van der Waals surface area contributed by atoms with Crippen LogP contribution in [0.5, 0.6) is 0 Å². The van der Waals surface area contributed by atoms with Crippen molar-refractivity contribution in [2.24, 2.45) is 0 Å². The highest BCUT2D eigenvalue weighted by Crippen LogP contribution is 2.07. The van der Waals surface area contributed by atoms with Gasteiger partial charge in [-0.25, -0.2) is 0 Å². The number of carbonyl (C=O) groups excluding carboxylic acids is 1. The van der Waals surface area contributed by atoms with E-state index in [2.05, 4.69) is 27.9 Å². The Morgan fingerprint density at radius 2 is 2.31 bits per heavy atom. The van der Waals surface area contributed by atoms with Crippen molar-refractivity contribution >= 4 is 28.6 Å². The van der Waals surface area contributed by atoms with Gasteiger partial charge >= 0.3 is 5.97 Å². The van der Waals surface area contributed by atoms with Crippen LogP contribution in [0.3, 0.4) is 0 Å². The van der Waals surface area contributed by atoms with Gasteiger partial charge in [0.15, 0.2) is 0 Å². The van der Waals surface area contributed by atoms with Gasteiger partial charge < -0.3 is 15.2 Å². The first-order chi connectivity index (χ1) is 6.25. The van der Waals surface area contributed by atoms with Crippen LogP contribution in [0.2, 0.25) is 0 Å². The van der Waals surface area contributed by atoms with Crippen LogP contribution in [0, 0.1) is 0 Å². The normalized spacial score (nSPS) is 26.2. The van der Waals surface area contributed by atoms with Gasteiger partial charge in [0.05, 0.1) is 12.7 Å². The Morgan fingerprint density at radius 3 is 2.69 bits per heavy atom. The summed E-state index contributed by atoms with van der Waals surface area (Å²) in [4.78, 5) is 13.0. The van der Waals surface area contributed by atoms with Crippen molar-refractivity contribution < 1.29 is 14.6 Å². The molecule has 1 fully saturated rings. The molecule has 13 heavy (non-hydrogen) atoms. The predicted molar refractivity (Wildman–Crippen MR) is 59.0 cm³/mol. The van der Waals surface area contributed by atoms with E-state index in [0.717, 1.165) is 0 Å². The molecule has 2 atom stereocenters. The number of esters is 1. The van der Waals surface area contributed by atoms with E-state index >= 15 is 0 Å². The molecule has 0 aromatic carbocycles. The molecule has 0 aromatic heterocycles. The van der Waals surface area contributed by atoms with Gasteiger partial charge in [-0.1, -0.05) is 22.6 Å². The summed E-state index contributed by atoms with van der Waals surface area (Å²) in [5, 5.41) is 12.1. The van der Waals surface area contributed by atoms with Gasteiger partial charge in [0, 0.05) is 0 Å². The molecule has 5 heteroatoms. The number of nitrogens with one attached hydrogen (secondary N) is 1. The fraction of sp³-hybridized carbons (Fsp3) is 0.875. The van der Waals surface area contributed by atoms with Crippen LogP contribution in [0.15, 0.2) is 0 Å². The summed E-state index contributed by atoms with van der Waals surface area (Å²) < 4.78 is 4.73. The molecule has 78 valence electrons. The van der Waals surface area contributed by atoms with E-state index in [1.807, 2.05) is 4.93 Å². The molecule has 1 heterocycles. The Kier molecular flexibility index (Phi) is 7.59. The molecule has 0 bridgehead atoms. The number of carbonyl (C=O) groups is 1. The van der Waals surface area contributed by atoms with Gasteiger partial charge in [-0.3, -0.25) is 4.79 Å². The predicted octanol–water partition coefficient (Wildman–Crippen LogP) is 0.323. The lowest BCUT2D eigenvalue weighted by Gasteiger charge is -2.12. The highest BCUT2D eigenvalue weighted by molar-refractivity contribution is 14.1. The third kappa shape index (κ3) is 4.24. The lowest BCUT2D eigenvalue weighted by molar-refractivity contribution is -0.147. The minimum Gasteiger partial charge on any atom is -0.465 e. The Balaban J connectivity index is 0.000000671. The number of hydrogen-bond acceptors (Lipinski definition) is 4. The van der Waals surface area contributed by atoms with Crippen LogP contribution in [-0.2, 0) is 9.53 Å². The number of halogens is 1. The van der Waals surface area contributed by atoms with Crippen molar-refractivity contribution in [3.63, 3.8) is 0 Å². The largest absolute Gasteiger partial charge is 0.465 e. The van der Waals surface area contributed by atoms with Crippen molar-refractivity contribution in [2.45, 2.75) is 25.5 Å². The highest BCUT2D eigenvalue weighted by atomic mass is 127. The number of alkyl halides is 1. The number of aliphatic hydroxyl groups excluding tert-OH is 1. The van der Waals surface area contributed by atoms with E-state index in [9.17, 15) is 9.90 Å². The molecule has 1 aliphatic rings. The van der Waals surface area contributed by atoms with E-state index < -0.39 is 12.1 Å². The van der Waals surface area contributed by atoms with E-state index in [4.69, 9.17) is 4.74 Å². The molecule has 1 saturated heterocycles. The Hall–Kier alpha value is 0.120. The molecular weight excluding hydrogens is 285 g/mol. The quantitative estimate of drug-likeness (QED) is 0.438. The van der Waals surface area contributed by atoms with Crippen molar-refractivity contribution in [3.05, 3.63) is 0 Å². The van der Waals surface area contributed by atoms with Crippen LogP contribution in [-0.4, -0.2) is 41.3 Å². The van der Waals surface area contributed by atoms with Gasteiger partial charge in [0.1, 0.15) is 6.04 Å². The lowest BCUT2D eigenvalue weighted by Crippen LogP contribution is -2.39. The molecule has 0 amide bonds. The van der Waals surface area contributed by atoms with Crippen molar-refractivity contribution in [1.29, 1.82) is 0 Å². The molecule has 2 N–H and O–H groups in total. The summed E-state index contributed by atoms with van der Waals surface area (Å²) in [6, 6.07) is -0.505. The number of hydrogen-bond donors (Lipinski definition) is 2. The second kappa shape index (κ2) is 7.52. The highest BCUT2D eigenvalue weighted by Gasteiger charge is 2.31. The van der Waals surface area contributed by atoms with E-state index in [-0.39, 0.29) is 5.97 Å². The smallest absolute Gasteiger partial charge is 0.325 e. The third-order valence-corrected chi connectivity index (χ3v) is 1.73. The topological polar surface area (TPSA) is 58.6 Å². The van der Waals surface area contributed by atoms with Crippen molar-refractivity contribution in [3.8, 4) is 0 Å². The average molecular weight is 301 g/mol. The molecule has 1 rings (SSSR count). The van der Waals surface area contributed by atoms with Crippen molar-refractivity contribution in [1.82, 2.24) is 5.32 Å². The van der Waals surface area contributed by atoms with Crippen LogP contribution in [0.1, 0.15) is 13.3 Å². The van der Waals surface area contributed by atoms with Crippen LogP contribution in [0.25, 0.3) is 0 Å². The Labute approximate surface area is 92.2 Å². The van der Waals surface area contributed by atoms with E-state index in [0.29, 0.717) is 19.6 Å². The summed E-state index contributed by atoms with van der Waals surface area (Å²) in [7, 11) is 0. The second-order valence-corrected chi connectivity index (χ2v) is 2.54.